The molecule has 0 radical (unpaired) electrons. The minimum atomic E-state index is -2.79. The van der Waals surface area contributed by atoms with Crippen molar-refractivity contribution in [3.63, 3.8) is 0 Å². The summed E-state index contributed by atoms with van der Waals surface area (Å²) in [7, 11) is 2.78. The molecule has 0 saturated heterocycles. The molecule has 1 atom stereocenters. The number of allylic oxidation sites excluding steroid dienone is 1. The highest BCUT2D eigenvalue weighted by Gasteiger charge is 2.36. The van der Waals surface area contributed by atoms with Crippen LogP contribution in [-0.4, -0.2) is 38.4 Å². The molecule has 0 spiro atoms. The number of carbonyl (C=O) groups excluding carboxylic acids is 1. The summed E-state index contributed by atoms with van der Waals surface area (Å²) in [5.41, 5.74) is 1.07. The molecule has 1 aliphatic rings. The summed E-state index contributed by atoms with van der Waals surface area (Å²) in [6.07, 6.45) is -1.54. The second-order valence-corrected chi connectivity index (χ2v) is 5.76. The van der Waals surface area contributed by atoms with E-state index >= 15 is 0 Å². The fourth-order valence-corrected chi connectivity index (χ4v) is 2.84. The smallest absolute Gasteiger partial charge is 0.335 e. The maximum absolute atomic E-state index is 13.5. The van der Waals surface area contributed by atoms with E-state index in [4.69, 9.17) is 9.47 Å². The zero-order chi connectivity index (χ0) is 19.4. The second kappa shape index (κ2) is 7.99. The fraction of sp³-hybridized carbons (Fsp3) is 0.200. The van der Waals surface area contributed by atoms with Gasteiger partial charge in [-0.2, -0.15) is 5.10 Å². The maximum Gasteiger partial charge on any atom is 0.335 e. The number of rotatable bonds is 5. The summed E-state index contributed by atoms with van der Waals surface area (Å²) in [4.78, 5) is 12.5. The Kier molecular flexibility index (Phi) is 5.49. The fourth-order valence-electron chi connectivity index (χ4n) is 2.84. The Morgan fingerprint density at radius 3 is 2.30 bits per heavy atom. The lowest BCUT2D eigenvalue weighted by atomic mass is 9.94. The number of nitrogens with zero attached hydrogens (tertiary/aromatic N) is 2. The normalized spacial score (nSPS) is 16.6. The van der Waals surface area contributed by atoms with Crippen LogP contribution >= 0.6 is 0 Å². The number of anilines is 1. The minimum Gasteiger partial charge on any atom is -0.497 e. The van der Waals surface area contributed by atoms with Crippen LogP contribution < -0.4 is 9.75 Å². The molecule has 3 rings (SSSR count). The van der Waals surface area contributed by atoms with E-state index in [2.05, 4.69) is 5.10 Å². The number of ether oxygens (including phenoxy) is 2. The van der Waals surface area contributed by atoms with Gasteiger partial charge in [-0.05, 0) is 41.5 Å². The molecular weight excluding hydrogens is 354 g/mol. The Hall–Kier alpha value is -3.22. The number of hydrazone groups is 1. The molecule has 0 bridgehead atoms. The highest BCUT2D eigenvalue weighted by Crippen LogP contribution is 2.33. The van der Waals surface area contributed by atoms with Crippen molar-refractivity contribution >= 4 is 22.9 Å². The highest BCUT2D eigenvalue weighted by molar-refractivity contribution is 6.10. The van der Waals surface area contributed by atoms with Crippen molar-refractivity contribution in [1.29, 1.82) is 0 Å². The summed E-state index contributed by atoms with van der Waals surface area (Å²) in [5, 5.41) is 5.27. The summed E-state index contributed by atoms with van der Waals surface area (Å²) >= 11 is 0. The van der Waals surface area contributed by atoms with Crippen molar-refractivity contribution in [3.8, 4) is 5.75 Å². The first-order valence-corrected chi connectivity index (χ1v) is 8.20. The number of carbonyl (C=O) groups is 1. The van der Waals surface area contributed by atoms with Gasteiger partial charge in [0.05, 0.1) is 19.9 Å². The van der Waals surface area contributed by atoms with Gasteiger partial charge in [-0.25, -0.2) is 18.6 Å². The van der Waals surface area contributed by atoms with Gasteiger partial charge in [0.25, 0.3) is 6.43 Å². The van der Waals surface area contributed by atoms with E-state index in [-0.39, 0.29) is 0 Å². The number of halogens is 2. The van der Waals surface area contributed by atoms with E-state index in [1.54, 1.807) is 48.5 Å². The van der Waals surface area contributed by atoms with Gasteiger partial charge in [0, 0.05) is 0 Å². The van der Waals surface area contributed by atoms with Gasteiger partial charge in [0.2, 0.25) is 0 Å². The molecule has 0 aromatic heterocycles. The average Bonchev–Trinajstić information content (AvgIpc) is 2.72. The van der Waals surface area contributed by atoms with Crippen LogP contribution in [0, 0.1) is 0 Å². The number of alkyl halides is 2. The van der Waals surface area contributed by atoms with E-state index in [9.17, 15) is 13.6 Å². The quantitative estimate of drug-likeness (QED) is 0.750. The summed E-state index contributed by atoms with van der Waals surface area (Å²) < 4.78 is 37.0. The highest BCUT2D eigenvalue weighted by atomic mass is 19.3. The van der Waals surface area contributed by atoms with Crippen LogP contribution in [0.15, 0.2) is 65.8 Å². The van der Waals surface area contributed by atoms with Gasteiger partial charge >= 0.3 is 5.97 Å². The number of hydrogen-bond donors (Lipinski definition) is 0. The van der Waals surface area contributed by atoms with Crippen LogP contribution in [0.1, 0.15) is 5.56 Å². The molecule has 0 saturated carbocycles. The van der Waals surface area contributed by atoms with Gasteiger partial charge in [-0.1, -0.05) is 30.3 Å². The van der Waals surface area contributed by atoms with E-state index < -0.39 is 24.1 Å². The molecule has 2 aromatic rings. The Morgan fingerprint density at radius 1 is 1.07 bits per heavy atom. The van der Waals surface area contributed by atoms with Crippen molar-refractivity contribution in [2.45, 2.75) is 12.5 Å². The monoisotopic (exact) mass is 372 g/mol. The molecular formula is C20H18F2N2O3. The minimum absolute atomic E-state index is 0.392. The lowest BCUT2D eigenvalue weighted by molar-refractivity contribution is -0.140. The van der Waals surface area contributed by atoms with Crippen molar-refractivity contribution in [1.82, 2.24) is 0 Å². The van der Waals surface area contributed by atoms with Crippen LogP contribution in [0.3, 0.4) is 0 Å². The first-order valence-electron chi connectivity index (χ1n) is 8.20. The standard InChI is InChI=1S/C20H18F2N2O3/c1-26-15-10-8-14(9-11-15)24-18(20(25)27-2)16(12-17(23-24)19(21)22)13-6-4-3-5-7-13/h3-12,18-19H,1-2H3. The largest absolute Gasteiger partial charge is 0.497 e. The Bertz CT molecular complexity index is 865. The molecule has 5 nitrogen and oxygen atoms in total. The number of esters is 1. The molecule has 7 heteroatoms. The van der Waals surface area contributed by atoms with Crippen LogP contribution in [0.5, 0.6) is 5.75 Å². The number of benzene rings is 2. The van der Waals surface area contributed by atoms with Crippen LogP contribution in [0.2, 0.25) is 0 Å². The van der Waals surface area contributed by atoms with E-state index in [0.29, 0.717) is 22.6 Å². The van der Waals surface area contributed by atoms with Gasteiger partial charge in [-0.15, -0.1) is 0 Å². The van der Waals surface area contributed by atoms with Crippen molar-refractivity contribution in [3.05, 3.63) is 66.2 Å². The predicted molar refractivity (Wildman–Crippen MR) is 99.1 cm³/mol. The molecule has 2 aromatic carbocycles. The first-order chi connectivity index (χ1) is 13.0. The molecule has 1 unspecified atom stereocenters. The zero-order valence-electron chi connectivity index (χ0n) is 14.8. The average molecular weight is 372 g/mol. The van der Waals surface area contributed by atoms with Gasteiger partial charge in [-0.3, -0.25) is 0 Å². The second-order valence-electron chi connectivity index (χ2n) is 5.76. The topological polar surface area (TPSA) is 51.1 Å². The SMILES string of the molecule is COC(=O)C1C(c2ccccc2)=CC(C(F)F)=NN1c1ccc(OC)cc1. The van der Waals surface area contributed by atoms with Gasteiger partial charge in [0.15, 0.2) is 6.04 Å². The summed E-state index contributed by atoms with van der Waals surface area (Å²) in [6.45, 7) is 0. The van der Waals surface area contributed by atoms with Crippen LogP contribution in [0.25, 0.3) is 5.57 Å². The number of hydrogen-bond acceptors (Lipinski definition) is 5. The first kappa shape index (κ1) is 18.6. The van der Waals surface area contributed by atoms with E-state index in [1.165, 1.54) is 25.3 Å². The zero-order valence-corrected chi connectivity index (χ0v) is 14.8. The Balaban J connectivity index is 2.14. The molecule has 0 amide bonds. The van der Waals surface area contributed by atoms with Crippen molar-refractivity contribution < 1.29 is 23.0 Å². The van der Waals surface area contributed by atoms with E-state index in [1.807, 2.05) is 6.07 Å². The molecule has 1 heterocycles. The number of methoxy groups -OCH3 is 2. The molecule has 140 valence electrons. The molecule has 0 N–H and O–H groups in total. The van der Waals surface area contributed by atoms with Crippen LogP contribution in [0.4, 0.5) is 14.5 Å². The Morgan fingerprint density at radius 2 is 1.74 bits per heavy atom. The lowest BCUT2D eigenvalue weighted by Gasteiger charge is -2.33. The summed E-state index contributed by atoms with van der Waals surface area (Å²) in [6, 6.07) is 14.5. The Labute approximate surface area is 155 Å². The summed E-state index contributed by atoms with van der Waals surface area (Å²) in [5.74, 6) is 0.000234. The maximum atomic E-state index is 13.5. The molecule has 1 aliphatic heterocycles. The van der Waals surface area contributed by atoms with Crippen LogP contribution in [-0.2, 0) is 9.53 Å². The van der Waals surface area contributed by atoms with Gasteiger partial charge in [0.1, 0.15) is 11.5 Å². The third-order valence-corrected chi connectivity index (χ3v) is 4.16. The lowest BCUT2D eigenvalue weighted by Crippen LogP contribution is -2.43. The third kappa shape index (κ3) is 3.81. The third-order valence-electron chi connectivity index (χ3n) is 4.16. The van der Waals surface area contributed by atoms with Crippen molar-refractivity contribution in [2.24, 2.45) is 5.10 Å². The molecule has 0 fully saturated rings. The predicted octanol–water partition coefficient (Wildman–Crippen LogP) is 3.76. The van der Waals surface area contributed by atoms with Gasteiger partial charge < -0.3 is 9.47 Å². The van der Waals surface area contributed by atoms with E-state index in [0.717, 1.165) is 0 Å². The van der Waals surface area contributed by atoms with Crippen molar-refractivity contribution in [2.75, 3.05) is 19.2 Å². The molecule has 0 aliphatic carbocycles. The molecule has 27 heavy (non-hydrogen) atoms.